The Morgan fingerprint density at radius 3 is 3.10 bits per heavy atom. The maximum Gasteiger partial charge on any atom is 0.246 e. The van der Waals surface area contributed by atoms with Gasteiger partial charge in [0, 0.05) is 20.7 Å². The van der Waals surface area contributed by atoms with Gasteiger partial charge in [-0.2, -0.15) is 4.80 Å². The number of methoxy groups -OCH3 is 1. The quantitative estimate of drug-likeness (QED) is 0.765. The van der Waals surface area contributed by atoms with E-state index in [4.69, 9.17) is 4.74 Å². The maximum atomic E-state index is 12.0. The zero-order valence-electron chi connectivity index (χ0n) is 11.8. The van der Waals surface area contributed by atoms with Crippen LogP contribution < -0.4 is 0 Å². The number of aliphatic hydroxyl groups is 1. The third-order valence-electron chi connectivity index (χ3n) is 2.74. The second-order valence-electron chi connectivity index (χ2n) is 4.50. The molecule has 0 spiro atoms. The molecule has 21 heavy (non-hydrogen) atoms. The van der Waals surface area contributed by atoms with Crippen molar-refractivity contribution in [3.63, 3.8) is 0 Å². The minimum absolute atomic E-state index is 0.0193. The molecule has 114 valence electrons. The first-order chi connectivity index (χ1) is 10.1. The second-order valence-corrected chi connectivity index (χ2v) is 5.45. The van der Waals surface area contributed by atoms with E-state index in [2.05, 4.69) is 15.4 Å². The van der Waals surface area contributed by atoms with Crippen LogP contribution in [0.4, 0.5) is 0 Å². The fraction of sp³-hybridized carbons (Fsp3) is 0.500. The van der Waals surface area contributed by atoms with E-state index >= 15 is 0 Å². The van der Waals surface area contributed by atoms with Crippen molar-refractivity contribution in [3.8, 4) is 10.7 Å². The first-order valence-electron chi connectivity index (χ1n) is 6.32. The summed E-state index contributed by atoms with van der Waals surface area (Å²) in [6.45, 7) is 0.357. The number of ether oxygens (including phenoxy) is 1. The molecule has 0 saturated heterocycles. The van der Waals surface area contributed by atoms with Crippen LogP contribution in [0.25, 0.3) is 10.7 Å². The van der Waals surface area contributed by atoms with Gasteiger partial charge in [-0.25, -0.2) is 0 Å². The normalized spacial score (nSPS) is 12.3. The molecule has 2 aromatic rings. The van der Waals surface area contributed by atoms with Crippen molar-refractivity contribution in [3.05, 3.63) is 17.5 Å². The number of carbonyl (C=O) groups is 1. The Balaban J connectivity index is 1.90. The van der Waals surface area contributed by atoms with Crippen LogP contribution in [0.1, 0.15) is 0 Å². The number of carbonyl (C=O) groups excluding carboxylic acids is 1. The maximum absolute atomic E-state index is 12.0. The second kappa shape index (κ2) is 7.25. The van der Waals surface area contributed by atoms with Crippen LogP contribution in [0, 0.1) is 0 Å². The molecule has 1 N–H and O–H groups in total. The molecule has 2 rings (SSSR count). The summed E-state index contributed by atoms with van der Waals surface area (Å²) >= 11 is 1.51. The number of aromatic nitrogens is 4. The van der Waals surface area contributed by atoms with Crippen molar-refractivity contribution < 1.29 is 14.6 Å². The molecule has 2 aromatic heterocycles. The Kier molecular flexibility index (Phi) is 5.37. The van der Waals surface area contributed by atoms with E-state index in [0.29, 0.717) is 5.82 Å². The molecule has 0 radical (unpaired) electrons. The third-order valence-corrected chi connectivity index (χ3v) is 3.61. The van der Waals surface area contributed by atoms with Gasteiger partial charge in [-0.3, -0.25) is 4.79 Å². The summed E-state index contributed by atoms with van der Waals surface area (Å²) in [4.78, 5) is 15.6. The molecule has 0 aliphatic carbocycles. The molecule has 0 bridgehead atoms. The standard InChI is InChI=1S/C12H17N5O3S/c1-16(6-9(18)8-20-2)11(19)7-17-14-12(13-15-17)10-4-3-5-21-10/h3-5,9,18H,6-8H2,1-2H3. The van der Waals surface area contributed by atoms with E-state index in [1.54, 1.807) is 7.05 Å². The summed E-state index contributed by atoms with van der Waals surface area (Å²) in [5.74, 6) is 0.292. The van der Waals surface area contributed by atoms with E-state index in [-0.39, 0.29) is 25.6 Å². The van der Waals surface area contributed by atoms with Gasteiger partial charge in [0.05, 0.1) is 17.6 Å². The highest BCUT2D eigenvalue weighted by molar-refractivity contribution is 7.13. The fourth-order valence-corrected chi connectivity index (χ4v) is 2.37. The van der Waals surface area contributed by atoms with Crippen molar-refractivity contribution in [1.29, 1.82) is 0 Å². The van der Waals surface area contributed by atoms with E-state index in [0.717, 1.165) is 4.88 Å². The van der Waals surface area contributed by atoms with E-state index in [9.17, 15) is 9.90 Å². The average molecular weight is 311 g/mol. The van der Waals surface area contributed by atoms with Crippen LogP contribution in [-0.2, 0) is 16.1 Å². The Labute approximate surface area is 125 Å². The van der Waals surface area contributed by atoms with Gasteiger partial charge >= 0.3 is 0 Å². The van der Waals surface area contributed by atoms with Crippen LogP contribution in [0.3, 0.4) is 0 Å². The van der Waals surface area contributed by atoms with E-state index in [1.165, 1.54) is 28.1 Å². The highest BCUT2D eigenvalue weighted by Crippen LogP contribution is 2.19. The molecule has 2 heterocycles. The monoisotopic (exact) mass is 311 g/mol. The molecule has 0 aliphatic heterocycles. The number of tetrazole rings is 1. The van der Waals surface area contributed by atoms with Gasteiger partial charge in [-0.15, -0.1) is 21.5 Å². The third kappa shape index (κ3) is 4.31. The smallest absolute Gasteiger partial charge is 0.246 e. The van der Waals surface area contributed by atoms with Crippen molar-refractivity contribution in [2.45, 2.75) is 12.6 Å². The number of hydrogen-bond donors (Lipinski definition) is 1. The molecule has 1 atom stereocenters. The Hall–Kier alpha value is -1.84. The first kappa shape index (κ1) is 15.5. The molecule has 1 amide bonds. The minimum atomic E-state index is -0.714. The number of thiophene rings is 1. The van der Waals surface area contributed by atoms with Crippen molar-refractivity contribution in [1.82, 2.24) is 25.1 Å². The van der Waals surface area contributed by atoms with Gasteiger partial charge in [-0.1, -0.05) is 6.07 Å². The van der Waals surface area contributed by atoms with Crippen molar-refractivity contribution in [2.75, 3.05) is 27.3 Å². The predicted octanol–water partition coefficient (Wildman–Crippen LogP) is -0.133. The van der Waals surface area contributed by atoms with Crippen LogP contribution in [0.2, 0.25) is 0 Å². The Morgan fingerprint density at radius 2 is 2.43 bits per heavy atom. The lowest BCUT2D eigenvalue weighted by molar-refractivity contribution is -0.132. The van der Waals surface area contributed by atoms with Crippen molar-refractivity contribution in [2.24, 2.45) is 0 Å². The van der Waals surface area contributed by atoms with Crippen LogP contribution in [-0.4, -0.2) is 69.5 Å². The Morgan fingerprint density at radius 1 is 1.62 bits per heavy atom. The fourth-order valence-electron chi connectivity index (χ4n) is 1.72. The molecule has 0 fully saturated rings. The lowest BCUT2D eigenvalue weighted by Crippen LogP contribution is -2.38. The molecule has 1 unspecified atom stereocenters. The van der Waals surface area contributed by atoms with Gasteiger partial charge in [0.15, 0.2) is 0 Å². The van der Waals surface area contributed by atoms with Gasteiger partial charge in [-0.05, 0) is 16.7 Å². The highest BCUT2D eigenvalue weighted by atomic mass is 32.1. The topological polar surface area (TPSA) is 93.4 Å². The Bertz CT molecular complexity index is 571. The number of amides is 1. The SMILES string of the molecule is COCC(O)CN(C)C(=O)Cn1nnc(-c2cccs2)n1. The zero-order valence-corrected chi connectivity index (χ0v) is 12.7. The summed E-state index contributed by atoms with van der Waals surface area (Å²) < 4.78 is 4.82. The van der Waals surface area contributed by atoms with Gasteiger partial charge in [0.1, 0.15) is 6.54 Å². The molecule has 9 heteroatoms. The first-order valence-corrected chi connectivity index (χ1v) is 7.20. The lowest BCUT2D eigenvalue weighted by atomic mass is 10.3. The van der Waals surface area contributed by atoms with Crippen LogP contribution in [0.5, 0.6) is 0 Å². The predicted molar refractivity (Wildman–Crippen MR) is 76.6 cm³/mol. The van der Waals surface area contributed by atoms with Crippen LogP contribution in [0.15, 0.2) is 17.5 Å². The number of hydrogen-bond acceptors (Lipinski definition) is 7. The molecule has 0 saturated carbocycles. The largest absolute Gasteiger partial charge is 0.389 e. The number of rotatable bonds is 7. The van der Waals surface area contributed by atoms with Gasteiger partial charge in [0.25, 0.3) is 0 Å². The summed E-state index contributed by atoms with van der Waals surface area (Å²) in [6.07, 6.45) is -0.714. The molecule has 8 nitrogen and oxygen atoms in total. The molecule has 0 aliphatic rings. The highest BCUT2D eigenvalue weighted by Gasteiger charge is 2.16. The van der Waals surface area contributed by atoms with E-state index < -0.39 is 6.10 Å². The molecular weight excluding hydrogens is 294 g/mol. The zero-order chi connectivity index (χ0) is 15.2. The number of aliphatic hydroxyl groups excluding tert-OH is 1. The number of likely N-dealkylation sites (N-methyl/N-ethyl adjacent to an activating group) is 1. The van der Waals surface area contributed by atoms with Gasteiger partial charge < -0.3 is 14.7 Å². The van der Waals surface area contributed by atoms with Gasteiger partial charge in [0.2, 0.25) is 11.7 Å². The van der Waals surface area contributed by atoms with Crippen LogP contribution >= 0.6 is 11.3 Å². The average Bonchev–Trinajstić information content (AvgIpc) is 3.08. The summed E-state index contributed by atoms with van der Waals surface area (Å²) in [6, 6.07) is 3.79. The lowest BCUT2D eigenvalue weighted by Gasteiger charge is -2.19. The summed E-state index contributed by atoms with van der Waals surface area (Å²) in [5, 5.41) is 23.5. The van der Waals surface area contributed by atoms with E-state index in [1.807, 2.05) is 17.5 Å². The molecule has 0 aromatic carbocycles. The summed E-state index contributed by atoms with van der Waals surface area (Å²) in [5.41, 5.74) is 0. The van der Waals surface area contributed by atoms with Crippen molar-refractivity contribution >= 4 is 17.2 Å². The number of nitrogens with zero attached hydrogens (tertiary/aromatic N) is 5. The summed E-state index contributed by atoms with van der Waals surface area (Å²) in [7, 11) is 3.11. The minimum Gasteiger partial charge on any atom is -0.389 e. The molecular formula is C12H17N5O3S.